The molecule has 1 atom stereocenters. The van der Waals surface area contributed by atoms with Crippen LogP contribution in [0.15, 0.2) is 18.2 Å². The van der Waals surface area contributed by atoms with Crippen LogP contribution in [0.3, 0.4) is 0 Å². The number of piperazine rings is 1. The Morgan fingerprint density at radius 1 is 1.22 bits per heavy atom. The van der Waals surface area contributed by atoms with Crippen molar-refractivity contribution < 1.29 is 19.4 Å². The number of aliphatic hydroxyl groups is 1. The minimum absolute atomic E-state index is 0.00509. The van der Waals surface area contributed by atoms with Crippen LogP contribution in [0.2, 0.25) is 5.02 Å². The van der Waals surface area contributed by atoms with Gasteiger partial charge in [0.2, 0.25) is 5.91 Å². The second-order valence-corrected chi connectivity index (χ2v) is 7.33. The number of aliphatic hydroxyl groups excluding tert-OH is 1. The van der Waals surface area contributed by atoms with E-state index in [-0.39, 0.29) is 18.4 Å². The zero-order valence-corrected chi connectivity index (χ0v) is 16.3. The Morgan fingerprint density at radius 2 is 1.96 bits per heavy atom. The molecule has 0 saturated carbocycles. The summed E-state index contributed by atoms with van der Waals surface area (Å²) < 4.78 is 5.30. The van der Waals surface area contributed by atoms with E-state index >= 15 is 0 Å². The van der Waals surface area contributed by atoms with Crippen LogP contribution in [0.1, 0.15) is 23.2 Å². The van der Waals surface area contributed by atoms with E-state index in [0.717, 1.165) is 19.5 Å². The number of hydrogen-bond donors (Lipinski definition) is 1. The predicted molar refractivity (Wildman–Crippen MR) is 102 cm³/mol. The monoisotopic (exact) mass is 395 g/mol. The number of hydrogen-bond acceptors (Lipinski definition) is 5. The lowest BCUT2D eigenvalue weighted by Crippen LogP contribution is -2.54. The number of carbonyl (C=O) groups excluding carboxylic acids is 2. The molecule has 27 heavy (non-hydrogen) atoms. The first kappa shape index (κ1) is 19.9. The van der Waals surface area contributed by atoms with Crippen LogP contribution in [0, 0.1) is 0 Å². The fourth-order valence-electron chi connectivity index (χ4n) is 3.81. The number of amides is 2. The first-order valence-corrected chi connectivity index (χ1v) is 9.69. The molecular formula is C19H26ClN3O4. The molecule has 2 aliphatic rings. The lowest BCUT2D eigenvalue weighted by Gasteiger charge is -2.37. The van der Waals surface area contributed by atoms with Crippen LogP contribution in [-0.4, -0.2) is 90.6 Å². The van der Waals surface area contributed by atoms with Crippen molar-refractivity contribution in [3.63, 3.8) is 0 Å². The van der Waals surface area contributed by atoms with Crippen LogP contribution >= 0.6 is 11.6 Å². The minimum Gasteiger partial charge on any atom is -0.496 e. The number of β-amino-alcohol motifs (C(OH)–C–C–N with tert-alkyl or cyclic N) is 1. The van der Waals surface area contributed by atoms with E-state index in [1.165, 1.54) is 7.11 Å². The van der Waals surface area contributed by atoms with Gasteiger partial charge in [0.25, 0.3) is 5.91 Å². The quantitative estimate of drug-likeness (QED) is 0.808. The molecule has 1 aromatic carbocycles. The van der Waals surface area contributed by atoms with Crippen molar-refractivity contribution in [3.05, 3.63) is 28.8 Å². The second-order valence-electron chi connectivity index (χ2n) is 6.89. The Kier molecular flexibility index (Phi) is 6.57. The summed E-state index contributed by atoms with van der Waals surface area (Å²) in [5.41, 5.74) is 0.387. The highest BCUT2D eigenvalue weighted by atomic mass is 35.5. The molecule has 0 radical (unpaired) electrons. The van der Waals surface area contributed by atoms with Gasteiger partial charge in [0.05, 0.1) is 19.3 Å². The van der Waals surface area contributed by atoms with E-state index in [1.54, 1.807) is 23.1 Å². The van der Waals surface area contributed by atoms with Crippen molar-refractivity contribution in [1.29, 1.82) is 0 Å². The Bertz CT molecular complexity index is 692. The fourth-order valence-corrected chi connectivity index (χ4v) is 3.98. The molecule has 1 unspecified atom stereocenters. The molecule has 2 aliphatic heterocycles. The SMILES string of the molecule is COc1ccc(Cl)cc1C(=O)N1CCCC1C(=O)N1CCN(CCO)CC1. The molecule has 1 N–H and O–H groups in total. The molecule has 2 saturated heterocycles. The average molecular weight is 396 g/mol. The molecule has 0 spiro atoms. The third kappa shape index (κ3) is 4.36. The van der Waals surface area contributed by atoms with E-state index < -0.39 is 6.04 Å². The third-order valence-corrected chi connectivity index (χ3v) is 5.53. The molecule has 8 heteroatoms. The van der Waals surface area contributed by atoms with Crippen LogP contribution in [0.25, 0.3) is 0 Å². The van der Waals surface area contributed by atoms with Crippen molar-refractivity contribution >= 4 is 23.4 Å². The third-order valence-electron chi connectivity index (χ3n) is 5.29. The van der Waals surface area contributed by atoms with Crippen LogP contribution < -0.4 is 4.74 Å². The van der Waals surface area contributed by atoms with Gasteiger partial charge in [-0.3, -0.25) is 14.5 Å². The number of rotatable bonds is 5. The number of ether oxygens (including phenoxy) is 1. The lowest BCUT2D eigenvalue weighted by atomic mass is 10.1. The van der Waals surface area contributed by atoms with E-state index in [2.05, 4.69) is 4.90 Å². The summed E-state index contributed by atoms with van der Waals surface area (Å²) in [5, 5.41) is 9.51. The standard InChI is InChI=1S/C19H26ClN3O4/c1-27-17-5-4-14(20)13-15(17)18(25)23-6-2-3-16(23)19(26)22-9-7-21(8-10-22)11-12-24/h4-5,13,16,24H,2-3,6-12H2,1H3. The van der Waals surface area contributed by atoms with Gasteiger partial charge >= 0.3 is 0 Å². The lowest BCUT2D eigenvalue weighted by molar-refractivity contribution is -0.137. The van der Waals surface area contributed by atoms with E-state index in [4.69, 9.17) is 21.4 Å². The fraction of sp³-hybridized carbons (Fsp3) is 0.579. The molecule has 2 amide bonds. The largest absolute Gasteiger partial charge is 0.496 e. The Balaban J connectivity index is 1.71. The number of nitrogens with zero attached hydrogens (tertiary/aromatic N) is 3. The average Bonchev–Trinajstić information content (AvgIpc) is 3.17. The van der Waals surface area contributed by atoms with Crippen molar-refractivity contribution in [2.75, 3.05) is 53.0 Å². The molecule has 2 fully saturated rings. The predicted octanol–water partition coefficient (Wildman–Crippen LogP) is 1.09. The van der Waals surface area contributed by atoms with Gasteiger partial charge < -0.3 is 19.6 Å². The maximum absolute atomic E-state index is 13.1. The molecule has 1 aromatic rings. The summed E-state index contributed by atoms with van der Waals surface area (Å²) in [6, 6.07) is 4.50. The van der Waals surface area contributed by atoms with Crippen LogP contribution in [0.4, 0.5) is 0 Å². The summed E-state index contributed by atoms with van der Waals surface area (Å²) in [5.74, 6) is 0.245. The van der Waals surface area contributed by atoms with Gasteiger partial charge in [-0.15, -0.1) is 0 Å². The van der Waals surface area contributed by atoms with E-state index in [1.807, 2.05) is 4.90 Å². The number of methoxy groups -OCH3 is 1. The van der Waals surface area contributed by atoms with Gasteiger partial charge in [-0.2, -0.15) is 0 Å². The summed E-state index contributed by atoms with van der Waals surface area (Å²) in [6.45, 7) is 4.04. The highest BCUT2D eigenvalue weighted by molar-refractivity contribution is 6.31. The molecule has 2 heterocycles. The zero-order chi connectivity index (χ0) is 19.4. The highest BCUT2D eigenvalue weighted by Gasteiger charge is 2.38. The number of halogens is 1. The van der Waals surface area contributed by atoms with Crippen LogP contribution in [-0.2, 0) is 4.79 Å². The minimum atomic E-state index is -0.439. The second kappa shape index (κ2) is 8.91. The Labute approximate surface area is 164 Å². The molecule has 3 rings (SSSR count). The Morgan fingerprint density at radius 3 is 2.63 bits per heavy atom. The summed E-state index contributed by atoms with van der Waals surface area (Å²) in [7, 11) is 1.51. The normalized spacial score (nSPS) is 20.8. The molecule has 148 valence electrons. The maximum atomic E-state index is 13.1. The number of benzene rings is 1. The van der Waals surface area contributed by atoms with Gasteiger partial charge in [-0.25, -0.2) is 0 Å². The smallest absolute Gasteiger partial charge is 0.258 e. The first-order valence-electron chi connectivity index (χ1n) is 9.31. The van der Waals surface area contributed by atoms with Gasteiger partial charge in [0, 0.05) is 44.3 Å². The van der Waals surface area contributed by atoms with Gasteiger partial charge in [0.1, 0.15) is 11.8 Å². The van der Waals surface area contributed by atoms with Crippen molar-refractivity contribution in [2.45, 2.75) is 18.9 Å². The number of carbonyl (C=O) groups is 2. The zero-order valence-electron chi connectivity index (χ0n) is 15.6. The first-order chi connectivity index (χ1) is 13.0. The summed E-state index contributed by atoms with van der Waals surface area (Å²) in [6.07, 6.45) is 1.47. The maximum Gasteiger partial charge on any atom is 0.258 e. The van der Waals surface area contributed by atoms with Crippen LogP contribution in [0.5, 0.6) is 5.75 Å². The summed E-state index contributed by atoms with van der Waals surface area (Å²) >= 11 is 6.06. The number of likely N-dealkylation sites (tertiary alicyclic amines) is 1. The van der Waals surface area contributed by atoms with E-state index in [0.29, 0.717) is 48.9 Å². The topological polar surface area (TPSA) is 73.3 Å². The molecule has 0 aliphatic carbocycles. The van der Waals surface area contributed by atoms with E-state index in [9.17, 15) is 9.59 Å². The van der Waals surface area contributed by atoms with Crippen molar-refractivity contribution in [2.24, 2.45) is 0 Å². The summed E-state index contributed by atoms with van der Waals surface area (Å²) in [4.78, 5) is 31.8. The Hall–Kier alpha value is -1.83. The van der Waals surface area contributed by atoms with Gasteiger partial charge in [-0.05, 0) is 31.0 Å². The van der Waals surface area contributed by atoms with Crippen molar-refractivity contribution in [1.82, 2.24) is 14.7 Å². The molecule has 0 bridgehead atoms. The highest BCUT2D eigenvalue weighted by Crippen LogP contribution is 2.28. The van der Waals surface area contributed by atoms with Gasteiger partial charge in [-0.1, -0.05) is 11.6 Å². The molecular weight excluding hydrogens is 370 g/mol. The van der Waals surface area contributed by atoms with Crippen molar-refractivity contribution in [3.8, 4) is 5.75 Å². The molecule has 0 aromatic heterocycles. The molecule has 7 nitrogen and oxygen atoms in total. The van der Waals surface area contributed by atoms with Gasteiger partial charge in [0.15, 0.2) is 0 Å².